The van der Waals surface area contributed by atoms with Crippen molar-refractivity contribution < 1.29 is 21.2 Å². The zero-order valence-electron chi connectivity index (χ0n) is 6.00. The van der Waals surface area contributed by atoms with Crippen molar-refractivity contribution in [2.45, 2.75) is 0 Å². The molecule has 2 aromatic rings. The summed E-state index contributed by atoms with van der Waals surface area (Å²) in [6.45, 7) is 0. The van der Waals surface area contributed by atoms with E-state index in [-0.39, 0.29) is 21.2 Å². The quantitative estimate of drug-likeness (QED) is 0.361. The van der Waals surface area contributed by atoms with Crippen LogP contribution in [0.15, 0.2) is 18.5 Å². The zero-order valence-corrected chi connectivity index (χ0v) is 8.16. The summed E-state index contributed by atoms with van der Waals surface area (Å²) < 4.78 is 1.19. The van der Waals surface area contributed by atoms with E-state index < -0.39 is 0 Å². The summed E-state index contributed by atoms with van der Waals surface area (Å²) in [7, 11) is 0. The standard InChI is InChI=1S/C7H7IN3/c1-8-7-6-5(2-3-9-7)4-10-11-6/h2-4H,1H3,(H,10,11)/q-1. The van der Waals surface area contributed by atoms with Gasteiger partial charge in [0.25, 0.3) is 0 Å². The van der Waals surface area contributed by atoms with Gasteiger partial charge in [0, 0.05) is 0 Å². The van der Waals surface area contributed by atoms with Gasteiger partial charge in [0.2, 0.25) is 0 Å². The number of aromatic nitrogens is 3. The van der Waals surface area contributed by atoms with Crippen LogP contribution < -0.4 is 21.2 Å². The third kappa shape index (κ3) is 1.11. The molecule has 0 radical (unpaired) electrons. The molecule has 0 saturated heterocycles. The second kappa shape index (κ2) is 2.77. The van der Waals surface area contributed by atoms with E-state index >= 15 is 0 Å². The van der Waals surface area contributed by atoms with Gasteiger partial charge in [-0.25, -0.2) is 0 Å². The van der Waals surface area contributed by atoms with Crippen molar-refractivity contribution >= 4 is 10.9 Å². The van der Waals surface area contributed by atoms with Crippen molar-refractivity contribution in [1.82, 2.24) is 15.2 Å². The van der Waals surface area contributed by atoms with Crippen LogP contribution in [0.4, 0.5) is 0 Å². The molecule has 0 spiro atoms. The Morgan fingerprint density at radius 3 is 3.27 bits per heavy atom. The summed E-state index contributed by atoms with van der Waals surface area (Å²) in [5, 5.41) is 8.08. The van der Waals surface area contributed by atoms with Gasteiger partial charge in [0.1, 0.15) is 0 Å². The van der Waals surface area contributed by atoms with E-state index in [1.165, 1.54) is 3.70 Å². The fraction of sp³-hybridized carbons (Fsp3) is 0.143. The van der Waals surface area contributed by atoms with Crippen LogP contribution in [0.25, 0.3) is 10.9 Å². The van der Waals surface area contributed by atoms with Crippen molar-refractivity contribution in [1.29, 1.82) is 0 Å². The first-order valence-corrected chi connectivity index (χ1v) is 6.43. The van der Waals surface area contributed by atoms with Crippen LogP contribution in [0.5, 0.6) is 0 Å². The molecule has 0 bridgehead atoms. The molecule has 0 aromatic carbocycles. The molecule has 0 saturated carbocycles. The number of alkyl halides is 1. The van der Waals surface area contributed by atoms with Crippen molar-refractivity contribution in [2.75, 3.05) is 4.93 Å². The molecule has 0 amide bonds. The molecule has 11 heavy (non-hydrogen) atoms. The molecule has 2 rings (SSSR count). The summed E-state index contributed by atoms with van der Waals surface area (Å²) >= 11 is 0.0509. The van der Waals surface area contributed by atoms with Crippen LogP contribution in [0.2, 0.25) is 0 Å². The second-order valence-electron chi connectivity index (χ2n) is 2.12. The fourth-order valence-corrected chi connectivity index (χ4v) is 2.39. The minimum absolute atomic E-state index is 0.0509. The second-order valence-corrected chi connectivity index (χ2v) is 4.23. The number of hydrogen-bond donors (Lipinski definition) is 1. The van der Waals surface area contributed by atoms with Crippen molar-refractivity contribution in [3.8, 4) is 0 Å². The van der Waals surface area contributed by atoms with Gasteiger partial charge in [-0.2, -0.15) is 0 Å². The van der Waals surface area contributed by atoms with Gasteiger partial charge in [-0.1, -0.05) is 0 Å². The maximum absolute atomic E-state index is 4.28. The SMILES string of the molecule is C[I-]c1nccc2cn[nH]c12. The number of hydrogen-bond acceptors (Lipinski definition) is 2. The molecule has 3 nitrogen and oxygen atoms in total. The van der Waals surface area contributed by atoms with Crippen LogP contribution in [0.3, 0.4) is 0 Å². The van der Waals surface area contributed by atoms with Crippen molar-refractivity contribution in [2.24, 2.45) is 0 Å². The van der Waals surface area contributed by atoms with Crippen molar-refractivity contribution in [3.05, 3.63) is 22.2 Å². The molecule has 58 valence electrons. The zero-order chi connectivity index (χ0) is 7.68. The molecule has 0 unspecified atom stereocenters. The predicted molar refractivity (Wildman–Crippen MR) is 38.5 cm³/mol. The number of nitrogens with one attached hydrogen (secondary N) is 1. The fourth-order valence-electron chi connectivity index (χ4n) is 0.978. The number of H-pyrrole nitrogens is 1. The van der Waals surface area contributed by atoms with Gasteiger partial charge < -0.3 is 0 Å². The third-order valence-corrected chi connectivity index (χ3v) is 3.34. The topological polar surface area (TPSA) is 41.6 Å². The average Bonchev–Trinajstić information content (AvgIpc) is 2.50. The molecule has 0 aliphatic heterocycles. The first kappa shape index (κ1) is 7.02. The van der Waals surface area contributed by atoms with Crippen LogP contribution in [0.1, 0.15) is 0 Å². The molecule has 0 aliphatic carbocycles. The maximum atomic E-state index is 4.28. The number of pyridine rings is 1. The minimum atomic E-state index is 0.0509. The Hall–Kier alpha value is -0.650. The molecule has 0 aliphatic rings. The Kier molecular flexibility index (Phi) is 1.77. The summed E-state index contributed by atoms with van der Waals surface area (Å²) in [6, 6.07) is 1.97. The predicted octanol–water partition coefficient (Wildman–Crippen LogP) is -2.15. The number of nitrogens with zero attached hydrogens (tertiary/aromatic N) is 2. The van der Waals surface area contributed by atoms with E-state index in [0.29, 0.717) is 0 Å². The Morgan fingerprint density at radius 2 is 2.45 bits per heavy atom. The van der Waals surface area contributed by atoms with E-state index in [1.54, 1.807) is 0 Å². The van der Waals surface area contributed by atoms with E-state index in [2.05, 4.69) is 20.1 Å². The third-order valence-electron chi connectivity index (χ3n) is 1.50. The van der Waals surface area contributed by atoms with E-state index in [1.807, 2.05) is 18.5 Å². The van der Waals surface area contributed by atoms with Gasteiger partial charge in [-0.15, -0.1) is 0 Å². The Balaban J connectivity index is 2.79. The summed E-state index contributed by atoms with van der Waals surface area (Å²) in [6.07, 6.45) is 3.68. The summed E-state index contributed by atoms with van der Waals surface area (Å²) in [5.41, 5.74) is 1.11. The van der Waals surface area contributed by atoms with Crippen LogP contribution in [0, 0.1) is 3.70 Å². The Labute approximate surface area is 74.5 Å². The Morgan fingerprint density at radius 1 is 1.55 bits per heavy atom. The van der Waals surface area contributed by atoms with Gasteiger partial charge in [-0.3, -0.25) is 0 Å². The summed E-state index contributed by atoms with van der Waals surface area (Å²) in [4.78, 5) is 6.47. The van der Waals surface area contributed by atoms with Gasteiger partial charge in [0.15, 0.2) is 0 Å². The molecule has 0 atom stereocenters. The number of aromatic amines is 1. The van der Waals surface area contributed by atoms with Gasteiger partial charge >= 0.3 is 74.4 Å². The normalized spacial score (nSPS) is 11.0. The number of rotatable bonds is 1. The first-order valence-electron chi connectivity index (χ1n) is 3.19. The van der Waals surface area contributed by atoms with E-state index in [9.17, 15) is 0 Å². The van der Waals surface area contributed by atoms with Crippen molar-refractivity contribution in [3.63, 3.8) is 0 Å². The summed E-state index contributed by atoms with van der Waals surface area (Å²) in [5.74, 6) is 0. The van der Waals surface area contributed by atoms with Crippen LogP contribution in [-0.2, 0) is 0 Å². The molecular formula is C7H7IN3-. The Bertz CT molecular complexity index is 368. The molecule has 2 heterocycles. The average molecular weight is 260 g/mol. The van der Waals surface area contributed by atoms with Crippen LogP contribution in [-0.4, -0.2) is 20.1 Å². The monoisotopic (exact) mass is 260 g/mol. The number of halogens is 1. The first-order chi connectivity index (χ1) is 5.42. The van der Waals surface area contributed by atoms with E-state index in [4.69, 9.17) is 0 Å². The molecule has 1 N–H and O–H groups in total. The molecular weight excluding hydrogens is 253 g/mol. The van der Waals surface area contributed by atoms with Gasteiger partial charge in [-0.05, 0) is 0 Å². The molecule has 2 aromatic heterocycles. The van der Waals surface area contributed by atoms with Crippen LogP contribution >= 0.6 is 0 Å². The van der Waals surface area contributed by atoms with Gasteiger partial charge in [0.05, 0.1) is 0 Å². The molecule has 0 fully saturated rings. The molecule has 4 heteroatoms. The number of fused-ring (bicyclic) bond motifs is 1. The van der Waals surface area contributed by atoms with E-state index in [0.717, 1.165) is 10.9 Å².